The summed E-state index contributed by atoms with van der Waals surface area (Å²) in [4.78, 5) is 11.5. The van der Waals surface area contributed by atoms with Crippen LogP contribution in [0.4, 0.5) is 4.39 Å². The van der Waals surface area contributed by atoms with Crippen molar-refractivity contribution in [2.75, 3.05) is 12.9 Å². The summed E-state index contributed by atoms with van der Waals surface area (Å²) in [6.07, 6.45) is 0.880. The lowest BCUT2D eigenvalue weighted by Gasteiger charge is -2.12. The summed E-state index contributed by atoms with van der Waals surface area (Å²) < 4.78 is 47.5. The van der Waals surface area contributed by atoms with E-state index in [-0.39, 0.29) is 12.4 Å². The van der Waals surface area contributed by atoms with Crippen LogP contribution in [0.25, 0.3) is 0 Å². The number of sulfonamides is 1. The Morgan fingerprint density at radius 2 is 1.62 bits per heavy atom. The van der Waals surface area contributed by atoms with E-state index in [9.17, 15) is 17.6 Å². The summed E-state index contributed by atoms with van der Waals surface area (Å²) in [5, 5.41) is 0. The van der Waals surface area contributed by atoms with Gasteiger partial charge in [-0.3, -0.25) is 9.52 Å². The van der Waals surface area contributed by atoms with E-state index in [0.29, 0.717) is 11.5 Å². The van der Waals surface area contributed by atoms with E-state index >= 15 is 0 Å². The van der Waals surface area contributed by atoms with Gasteiger partial charge < -0.3 is 9.47 Å². The number of hydrogen-bond donors (Lipinski definition) is 1. The maximum absolute atomic E-state index is 12.9. The van der Waals surface area contributed by atoms with Gasteiger partial charge in [-0.15, -0.1) is 0 Å². The van der Waals surface area contributed by atoms with Crippen molar-refractivity contribution in [2.45, 2.75) is 6.61 Å². The topological polar surface area (TPSA) is 81.7 Å². The highest BCUT2D eigenvalue weighted by atomic mass is 32.2. The van der Waals surface area contributed by atoms with Gasteiger partial charge in [0.2, 0.25) is 10.0 Å². The molecule has 0 radical (unpaired) electrons. The molecule has 0 aliphatic heterocycles. The number of halogens is 1. The molecule has 1 N–H and O–H groups in total. The molecule has 0 aliphatic rings. The van der Waals surface area contributed by atoms with Gasteiger partial charge >= 0.3 is 0 Å². The third kappa shape index (κ3) is 5.88. The zero-order valence-electron chi connectivity index (χ0n) is 12.9. The standard InChI is InChI=1S/C16H16FNO5S/c1-24(20,21)18-16(19)11-23-15-5-3-2-4-14(15)22-10-12-6-8-13(17)9-7-12/h2-9H,10-11H2,1H3,(H,18,19). The second kappa shape index (κ2) is 7.78. The smallest absolute Gasteiger partial charge is 0.271 e. The molecule has 8 heteroatoms. The number of hydrogen-bond acceptors (Lipinski definition) is 5. The van der Waals surface area contributed by atoms with Crippen LogP contribution in [-0.2, 0) is 21.4 Å². The monoisotopic (exact) mass is 353 g/mol. The molecule has 0 unspecified atom stereocenters. The number of carbonyl (C=O) groups excluding carboxylic acids is 1. The van der Waals surface area contributed by atoms with Crippen molar-refractivity contribution in [3.8, 4) is 11.5 Å². The van der Waals surface area contributed by atoms with Gasteiger partial charge in [-0.1, -0.05) is 24.3 Å². The average molecular weight is 353 g/mol. The fraction of sp³-hybridized carbons (Fsp3) is 0.188. The minimum absolute atomic E-state index is 0.191. The highest BCUT2D eigenvalue weighted by molar-refractivity contribution is 7.89. The van der Waals surface area contributed by atoms with Crippen LogP contribution in [0, 0.1) is 5.82 Å². The lowest BCUT2D eigenvalue weighted by atomic mass is 10.2. The Morgan fingerprint density at radius 1 is 1.04 bits per heavy atom. The lowest BCUT2D eigenvalue weighted by Crippen LogP contribution is -2.33. The van der Waals surface area contributed by atoms with E-state index < -0.39 is 22.5 Å². The van der Waals surface area contributed by atoms with Gasteiger partial charge in [-0.25, -0.2) is 12.8 Å². The van der Waals surface area contributed by atoms with Crippen LogP contribution < -0.4 is 14.2 Å². The molecule has 0 aromatic heterocycles. The Bertz CT molecular complexity index is 805. The quantitative estimate of drug-likeness (QED) is 0.822. The molecule has 0 bridgehead atoms. The Morgan fingerprint density at radius 3 is 2.21 bits per heavy atom. The normalized spacial score (nSPS) is 10.9. The van der Waals surface area contributed by atoms with Gasteiger partial charge in [0.15, 0.2) is 18.1 Å². The molecule has 24 heavy (non-hydrogen) atoms. The van der Waals surface area contributed by atoms with Gasteiger partial charge in [0, 0.05) is 0 Å². The van der Waals surface area contributed by atoms with Crippen molar-refractivity contribution >= 4 is 15.9 Å². The molecule has 0 saturated carbocycles. The maximum Gasteiger partial charge on any atom is 0.271 e. The summed E-state index contributed by atoms with van der Waals surface area (Å²) in [6, 6.07) is 12.5. The third-order valence-electron chi connectivity index (χ3n) is 2.81. The van der Waals surface area contributed by atoms with Crippen molar-refractivity contribution in [3.63, 3.8) is 0 Å². The number of ether oxygens (including phenoxy) is 2. The summed E-state index contributed by atoms with van der Waals surface area (Å²) in [5.74, 6) is -0.442. The Labute approximate surface area is 139 Å². The van der Waals surface area contributed by atoms with Crippen molar-refractivity contribution < 1.29 is 27.1 Å². The molecule has 0 atom stereocenters. The molecule has 2 aromatic rings. The van der Waals surface area contributed by atoms with Crippen molar-refractivity contribution in [3.05, 3.63) is 59.9 Å². The fourth-order valence-corrected chi connectivity index (χ4v) is 2.28. The van der Waals surface area contributed by atoms with Crippen molar-refractivity contribution in [2.24, 2.45) is 0 Å². The van der Waals surface area contributed by atoms with E-state index in [1.54, 1.807) is 41.1 Å². The number of amides is 1. The molecule has 0 fully saturated rings. The Kier molecular flexibility index (Phi) is 5.75. The largest absolute Gasteiger partial charge is 0.485 e. The zero-order chi connectivity index (χ0) is 17.6. The van der Waals surface area contributed by atoms with Crippen LogP contribution >= 0.6 is 0 Å². The first-order chi connectivity index (χ1) is 11.3. The molecule has 6 nitrogen and oxygen atoms in total. The number of nitrogens with one attached hydrogen (secondary N) is 1. The molecule has 1 amide bonds. The first-order valence-electron chi connectivity index (χ1n) is 6.93. The number of benzene rings is 2. The summed E-state index contributed by atoms with van der Waals surface area (Å²) in [6.45, 7) is -0.278. The van der Waals surface area contributed by atoms with E-state index in [2.05, 4.69) is 0 Å². The summed E-state index contributed by atoms with van der Waals surface area (Å²) in [5.41, 5.74) is 0.765. The molecule has 0 spiro atoms. The minimum Gasteiger partial charge on any atom is -0.485 e. The molecule has 0 aliphatic carbocycles. The number of para-hydroxylation sites is 2. The minimum atomic E-state index is -3.63. The SMILES string of the molecule is CS(=O)(=O)NC(=O)COc1ccccc1OCc1ccc(F)cc1. The molecule has 0 saturated heterocycles. The molecule has 2 aromatic carbocycles. The predicted molar refractivity (Wildman–Crippen MR) is 85.7 cm³/mol. The first-order valence-corrected chi connectivity index (χ1v) is 8.82. The van der Waals surface area contributed by atoms with Crippen molar-refractivity contribution in [1.29, 1.82) is 0 Å². The lowest BCUT2D eigenvalue weighted by molar-refractivity contribution is -0.121. The van der Waals surface area contributed by atoms with Crippen LogP contribution in [0.2, 0.25) is 0 Å². The Balaban J connectivity index is 1.97. The molecule has 2 rings (SSSR count). The van der Waals surface area contributed by atoms with Crippen LogP contribution in [0.1, 0.15) is 5.56 Å². The van der Waals surface area contributed by atoms with Gasteiger partial charge in [-0.05, 0) is 29.8 Å². The van der Waals surface area contributed by atoms with Gasteiger partial charge in [-0.2, -0.15) is 0 Å². The van der Waals surface area contributed by atoms with E-state index in [1.807, 2.05) is 0 Å². The third-order valence-corrected chi connectivity index (χ3v) is 3.41. The van der Waals surface area contributed by atoms with Crippen LogP contribution in [-0.4, -0.2) is 27.2 Å². The maximum atomic E-state index is 12.9. The van der Waals surface area contributed by atoms with E-state index in [1.165, 1.54) is 12.1 Å². The average Bonchev–Trinajstić information content (AvgIpc) is 2.51. The van der Waals surface area contributed by atoms with Crippen LogP contribution in [0.3, 0.4) is 0 Å². The van der Waals surface area contributed by atoms with E-state index in [4.69, 9.17) is 9.47 Å². The van der Waals surface area contributed by atoms with Gasteiger partial charge in [0.25, 0.3) is 5.91 Å². The Hall–Kier alpha value is -2.61. The fourth-order valence-electron chi connectivity index (χ4n) is 1.81. The summed E-state index contributed by atoms with van der Waals surface area (Å²) in [7, 11) is -3.63. The molecular formula is C16H16FNO5S. The van der Waals surface area contributed by atoms with Crippen LogP contribution in [0.15, 0.2) is 48.5 Å². The highest BCUT2D eigenvalue weighted by Crippen LogP contribution is 2.27. The number of carbonyl (C=O) groups is 1. The summed E-state index contributed by atoms with van der Waals surface area (Å²) >= 11 is 0. The van der Waals surface area contributed by atoms with E-state index in [0.717, 1.165) is 11.8 Å². The number of rotatable bonds is 7. The van der Waals surface area contributed by atoms with Crippen LogP contribution in [0.5, 0.6) is 11.5 Å². The second-order valence-electron chi connectivity index (χ2n) is 4.95. The molecule has 128 valence electrons. The van der Waals surface area contributed by atoms with Gasteiger partial charge in [0.05, 0.1) is 6.26 Å². The van der Waals surface area contributed by atoms with Gasteiger partial charge in [0.1, 0.15) is 12.4 Å². The zero-order valence-corrected chi connectivity index (χ0v) is 13.7. The molecular weight excluding hydrogens is 337 g/mol. The first kappa shape index (κ1) is 17.7. The second-order valence-corrected chi connectivity index (χ2v) is 6.70. The highest BCUT2D eigenvalue weighted by Gasteiger charge is 2.11. The predicted octanol–water partition coefficient (Wildman–Crippen LogP) is 1.86. The molecule has 0 heterocycles. The van der Waals surface area contributed by atoms with Crippen molar-refractivity contribution in [1.82, 2.24) is 4.72 Å².